The summed E-state index contributed by atoms with van der Waals surface area (Å²) in [5.41, 5.74) is 0. The Labute approximate surface area is 88.0 Å². The van der Waals surface area contributed by atoms with E-state index in [0.29, 0.717) is 6.04 Å². The number of rotatable bonds is 5. The first kappa shape index (κ1) is 12.0. The summed E-state index contributed by atoms with van der Waals surface area (Å²) in [6.45, 7) is 10.9. The van der Waals surface area contributed by atoms with Gasteiger partial charge in [-0.2, -0.15) is 0 Å². The fraction of sp³-hybridized carbons (Fsp3) is 1.00. The van der Waals surface area contributed by atoms with Crippen molar-refractivity contribution in [3.05, 3.63) is 0 Å². The van der Waals surface area contributed by atoms with Crippen LogP contribution in [0, 0.1) is 0 Å². The summed E-state index contributed by atoms with van der Waals surface area (Å²) < 4.78 is 5.49. The maximum Gasteiger partial charge on any atom is 0.0593 e. The Bertz CT molecular complexity index is 152. The van der Waals surface area contributed by atoms with Gasteiger partial charge in [-0.1, -0.05) is 6.92 Å². The molecule has 1 unspecified atom stereocenters. The van der Waals surface area contributed by atoms with Crippen molar-refractivity contribution in [2.45, 2.75) is 26.3 Å². The molecule has 3 heteroatoms. The number of nitrogens with zero attached hydrogens (tertiary/aromatic N) is 2. The van der Waals surface area contributed by atoms with E-state index in [1.165, 1.54) is 19.6 Å². The Balaban J connectivity index is 2.07. The largest absolute Gasteiger partial charge is 0.380 e. The molecule has 0 saturated carbocycles. The summed E-state index contributed by atoms with van der Waals surface area (Å²) in [4.78, 5) is 4.92. The number of ether oxygens (including phenoxy) is 1. The average molecular weight is 200 g/mol. The summed E-state index contributed by atoms with van der Waals surface area (Å²) in [5.74, 6) is 0. The quantitative estimate of drug-likeness (QED) is 0.617. The zero-order chi connectivity index (χ0) is 10.4. The van der Waals surface area contributed by atoms with Gasteiger partial charge in [0.2, 0.25) is 0 Å². The molecule has 0 aromatic rings. The zero-order valence-electron chi connectivity index (χ0n) is 9.83. The molecule has 0 spiro atoms. The summed E-state index contributed by atoms with van der Waals surface area (Å²) in [5, 5.41) is 0. The molecule has 1 fully saturated rings. The van der Waals surface area contributed by atoms with E-state index in [1.807, 2.05) is 0 Å². The smallest absolute Gasteiger partial charge is 0.0593 e. The van der Waals surface area contributed by atoms with Crippen LogP contribution >= 0.6 is 0 Å². The predicted octanol–water partition coefficient (Wildman–Crippen LogP) is 1.05. The second-order valence-electron chi connectivity index (χ2n) is 4.24. The minimum absolute atomic E-state index is 0.690. The van der Waals surface area contributed by atoms with Crippen LogP contribution in [0.5, 0.6) is 0 Å². The Kier molecular flexibility index (Phi) is 5.45. The first-order valence-electron chi connectivity index (χ1n) is 5.74. The highest BCUT2D eigenvalue weighted by Crippen LogP contribution is 2.05. The van der Waals surface area contributed by atoms with Gasteiger partial charge >= 0.3 is 0 Å². The van der Waals surface area contributed by atoms with Crippen LogP contribution in [0.4, 0.5) is 0 Å². The van der Waals surface area contributed by atoms with Crippen molar-refractivity contribution < 1.29 is 4.74 Å². The summed E-state index contributed by atoms with van der Waals surface area (Å²) in [6.07, 6.45) is 1.12. The van der Waals surface area contributed by atoms with Crippen LogP contribution in [-0.4, -0.2) is 62.3 Å². The van der Waals surface area contributed by atoms with Crippen molar-refractivity contribution in [1.82, 2.24) is 9.80 Å². The number of hydrogen-bond acceptors (Lipinski definition) is 3. The van der Waals surface area contributed by atoms with Gasteiger partial charge in [-0.3, -0.25) is 4.90 Å². The molecule has 1 aliphatic rings. The number of piperazine rings is 1. The average Bonchev–Trinajstić information content (AvgIpc) is 2.18. The second-order valence-corrected chi connectivity index (χ2v) is 4.24. The van der Waals surface area contributed by atoms with Crippen molar-refractivity contribution in [1.29, 1.82) is 0 Å². The Morgan fingerprint density at radius 2 is 2.07 bits per heavy atom. The molecule has 1 rings (SSSR count). The lowest BCUT2D eigenvalue weighted by molar-refractivity contribution is 0.0623. The van der Waals surface area contributed by atoms with Gasteiger partial charge in [-0.05, 0) is 20.4 Å². The van der Waals surface area contributed by atoms with Crippen molar-refractivity contribution in [2.24, 2.45) is 0 Å². The molecule has 1 atom stereocenters. The van der Waals surface area contributed by atoms with Gasteiger partial charge in [-0.25, -0.2) is 0 Å². The fourth-order valence-electron chi connectivity index (χ4n) is 1.77. The van der Waals surface area contributed by atoms with Gasteiger partial charge in [0.1, 0.15) is 0 Å². The van der Waals surface area contributed by atoms with Gasteiger partial charge in [-0.15, -0.1) is 0 Å². The number of likely N-dealkylation sites (N-methyl/N-ethyl adjacent to an activating group) is 1. The number of hydrogen-bond donors (Lipinski definition) is 0. The molecule has 14 heavy (non-hydrogen) atoms. The molecule has 0 radical (unpaired) electrons. The van der Waals surface area contributed by atoms with Crippen LogP contribution in [-0.2, 0) is 4.74 Å². The van der Waals surface area contributed by atoms with E-state index in [1.54, 1.807) is 0 Å². The van der Waals surface area contributed by atoms with E-state index in [0.717, 1.165) is 26.2 Å². The molecule has 0 aromatic heterocycles. The van der Waals surface area contributed by atoms with E-state index < -0.39 is 0 Å². The van der Waals surface area contributed by atoms with E-state index >= 15 is 0 Å². The normalized spacial score (nSPS) is 25.5. The molecular weight excluding hydrogens is 176 g/mol. The van der Waals surface area contributed by atoms with E-state index in [2.05, 4.69) is 30.7 Å². The highest BCUT2D eigenvalue weighted by atomic mass is 16.5. The van der Waals surface area contributed by atoms with Gasteiger partial charge in [0.05, 0.1) is 6.61 Å². The second kappa shape index (κ2) is 6.38. The van der Waals surface area contributed by atoms with Crippen LogP contribution in [0.3, 0.4) is 0 Å². The summed E-state index contributed by atoms with van der Waals surface area (Å²) in [6, 6.07) is 0.690. The van der Waals surface area contributed by atoms with Crippen LogP contribution in [0.1, 0.15) is 20.3 Å². The van der Waals surface area contributed by atoms with E-state index in [-0.39, 0.29) is 0 Å². The topological polar surface area (TPSA) is 15.7 Å². The minimum atomic E-state index is 0.690. The monoisotopic (exact) mass is 200 g/mol. The lowest BCUT2D eigenvalue weighted by atomic mass is 10.2. The van der Waals surface area contributed by atoms with Crippen molar-refractivity contribution >= 4 is 0 Å². The first-order chi connectivity index (χ1) is 6.74. The third kappa shape index (κ3) is 3.95. The molecule has 1 aliphatic heterocycles. The highest BCUT2D eigenvalue weighted by Gasteiger charge is 2.19. The van der Waals surface area contributed by atoms with Gasteiger partial charge in [0.15, 0.2) is 0 Å². The molecule has 0 aliphatic carbocycles. The lowest BCUT2D eigenvalue weighted by Gasteiger charge is -2.37. The Morgan fingerprint density at radius 1 is 1.29 bits per heavy atom. The highest BCUT2D eigenvalue weighted by molar-refractivity contribution is 4.76. The standard InChI is InChI=1S/C11H24N2O/c1-4-8-14-9-7-13-6-5-12(3)11(2)10-13/h11H,4-10H2,1-3H3. The van der Waals surface area contributed by atoms with Crippen molar-refractivity contribution in [3.8, 4) is 0 Å². The molecule has 1 heterocycles. The van der Waals surface area contributed by atoms with Crippen LogP contribution in [0.15, 0.2) is 0 Å². The van der Waals surface area contributed by atoms with E-state index in [4.69, 9.17) is 4.74 Å². The van der Waals surface area contributed by atoms with Crippen LogP contribution in [0.2, 0.25) is 0 Å². The molecule has 84 valence electrons. The molecule has 0 bridgehead atoms. The molecule has 1 saturated heterocycles. The summed E-state index contributed by atoms with van der Waals surface area (Å²) >= 11 is 0. The van der Waals surface area contributed by atoms with Crippen LogP contribution < -0.4 is 0 Å². The molecule has 0 amide bonds. The Morgan fingerprint density at radius 3 is 2.71 bits per heavy atom. The molecule has 3 nitrogen and oxygen atoms in total. The SMILES string of the molecule is CCCOCCN1CCN(C)C(C)C1. The van der Waals surface area contributed by atoms with Gasteiger partial charge in [0, 0.05) is 38.8 Å². The van der Waals surface area contributed by atoms with Crippen molar-refractivity contribution in [2.75, 3.05) is 46.4 Å². The van der Waals surface area contributed by atoms with Crippen LogP contribution in [0.25, 0.3) is 0 Å². The van der Waals surface area contributed by atoms with Crippen molar-refractivity contribution in [3.63, 3.8) is 0 Å². The lowest BCUT2D eigenvalue weighted by Crippen LogP contribution is -2.50. The maximum atomic E-state index is 5.49. The molecule has 0 aromatic carbocycles. The Hall–Kier alpha value is -0.120. The summed E-state index contributed by atoms with van der Waals surface area (Å²) in [7, 11) is 2.20. The fourth-order valence-corrected chi connectivity index (χ4v) is 1.77. The molecular formula is C11H24N2O. The third-order valence-electron chi connectivity index (χ3n) is 2.94. The molecule has 0 N–H and O–H groups in total. The first-order valence-corrected chi connectivity index (χ1v) is 5.74. The maximum absolute atomic E-state index is 5.49. The predicted molar refractivity (Wildman–Crippen MR) is 59.6 cm³/mol. The zero-order valence-corrected chi connectivity index (χ0v) is 9.83. The minimum Gasteiger partial charge on any atom is -0.380 e. The third-order valence-corrected chi connectivity index (χ3v) is 2.94. The van der Waals surface area contributed by atoms with Gasteiger partial charge in [0.25, 0.3) is 0 Å². The van der Waals surface area contributed by atoms with E-state index in [9.17, 15) is 0 Å². The van der Waals surface area contributed by atoms with Gasteiger partial charge < -0.3 is 9.64 Å².